The third kappa shape index (κ3) is 3.44. The SMILES string of the molecule is CCC1CCCCC1OC(=O)[C@H]1CCCNC1. The molecule has 3 heteroatoms. The van der Waals surface area contributed by atoms with E-state index in [1.165, 1.54) is 19.3 Å². The summed E-state index contributed by atoms with van der Waals surface area (Å²) in [5, 5.41) is 3.28. The molecule has 1 saturated carbocycles. The van der Waals surface area contributed by atoms with Gasteiger partial charge in [0.25, 0.3) is 0 Å². The second kappa shape index (κ2) is 6.39. The van der Waals surface area contributed by atoms with Gasteiger partial charge in [0.15, 0.2) is 0 Å². The zero-order valence-electron chi connectivity index (χ0n) is 10.9. The second-order valence-electron chi connectivity index (χ2n) is 5.47. The minimum atomic E-state index is 0.0440. The highest BCUT2D eigenvalue weighted by Gasteiger charge is 2.30. The molecule has 2 rings (SSSR count). The first kappa shape index (κ1) is 12.9. The molecule has 1 heterocycles. The van der Waals surface area contributed by atoms with Crippen LogP contribution in [0.3, 0.4) is 0 Å². The Morgan fingerprint density at radius 3 is 2.76 bits per heavy atom. The van der Waals surface area contributed by atoms with Crippen LogP contribution in [0.5, 0.6) is 0 Å². The summed E-state index contributed by atoms with van der Waals surface area (Å²) in [5.74, 6) is 0.745. The predicted octanol–water partition coefficient (Wildman–Crippen LogP) is 2.50. The van der Waals surface area contributed by atoms with Crippen molar-refractivity contribution in [1.29, 1.82) is 0 Å². The summed E-state index contributed by atoms with van der Waals surface area (Å²) in [6.07, 6.45) is 8.26. The van der Waals surface area contributed by atoms with E-state index in [4.69, 9.17) is 4.74 Å². The Labute approximate surface area is 104 Å². The first-order valence-corrected chi connectivity index (χ1v) is 7.22. The van der Waals surface area contributed by atoms with Crippen LogP contribution < -0.4 is 5.32 Å². The van der Waals surface area contributed by atoms with Crippen molar-refractivity contribution in [2.45, 2.75) is 58.0 Å². The molecule has 98 valence electrons. The van der Waals surface area contributed by atoms with Gasteiger partial charge in [0.05, 0.1) is 5.92 Å². The molecule has 0 spiro atoms. The fourth-order valence-corrected chi connectivity index (χ4v) is 3.09. The van der Waals surface area contributed by atoms with E-state index in [0.717, 1.165) is 38.8 Å². The lowest BCUT2D eigenvalue weighted by Gasteiger charge is -2.32. The third-order valence-corrected chi connectivity index (χ3v) is 4.26. The van der Waals surface area contributed by atoms with Gasteiger partial charge in [0.1, 0.15) is 6.10 Å². The van der Waals surface area contributed by atoms with E-state index in [1.54, 1.807) is 0 Å². The molecule has 2 fully saturated rings. The molecule has 3 atom stereocenters. The van der Waals surface area contributed by atoms with Crippen LogP contribution in [0.4, 0.5) is 0 Å². The van der Waals surface area contributed by atoms with Crippen molar-refractivity contribution in [2.75, 3.05) is 13.1 Å². The van der Waals surface area contributed by atoms with Gasteiger partial charge in [0, 0.05) is 6.54 Å². The molecule has 3 nitrogen and oxygen atoms in total. The fourth-order valence-electron chi connectivity index (χ4n) is 3.09. The van der Waals surface area contributed by atoms with Crippen LogP contribution in [0.25, 0.3) is 0 Å². The average Bonchev–Trinajstić information content (AvgIpc) is 2.40. The van der Waals surface area contributed by atoms with Gasteiger partial charge in [-0.3, -0.25) is 4.79 Å². The van der Waals surface area contributed by atoms with Crippen molar-refractivity contribution in [2.24, 2.45) is 11.8 Å². The minimum absolute atomic E-state index is 0.0440. The number of ether oxygens (including phenoxy) is 1. The fraction of sp³-hybridized carbons (Fsp3) is 0.929. The summed E-state index contributed by atoms with van der Waals surface area (Å²) in [6, 6.07) is 0. The van der Waals surface area contributed by atoms with Crippen LogP contribution in [-0.2, 0) is 9.53 Å². The maximum atomic E-state index is 12.1. The monoisotopic (exact) mass is 239 g/mol. The van der Waals surface area contributed by atoms with Gasteiger partial charge in [-0.2, -0.15) is 0 Å². The molecule has 2 aliphatic rings. The molecule has 1 aliphatic heterocycles. The molecule has 0 amide bonds. The lowest BCUT2D eigenvalue weighted by molar-refractivity contribution is -0.159. The number of esters is 1. The molecular weight excluding hydrogens is 214 g/mol. The van der Waals surface area contributed by atoms with Crippen LogP contribution >= 0.6 is 0 Å². The lowest BCUT2D eigenvalue weighted by atomic mass is 9.84. The van der Waals surface area contributed by atoms with Gasteiger partial charge >= 0.3 is 5.97 Å². The summed E-state index contributed by atoms with van der Waals surface area (Å²) in [6.45, 7) is 4.06. The van der Waals surface area contributed by atoms with Crippen molar-refractivity contribution in [3.05, 3.63) is 0 Å². The maximum absolute atomic E-state index is 12.1. The van der Waals surface area contributed by atoms with E-state index in [2.05, 4.69) is 12.2 Å². The Morgan fingerprint density at radius 2 is 2.06 bits per heavy atom. The summed E-state index contributed by atoms with van der Waals surface area (Å²) in [7, 11) is 0. The molecule has 1 N–H and O–H groups in total. The zero-order chi connectivity index (χ0) is 12.1. The third-order valence-electron chi connectivity index (χ3n) is 4.26. The highest BCUT2D eigenvalue weighted by atomic mass is 16.5. The van der Waals surface area contributed by atoms with Gasteiger partial charge in [-0.15, -0.1) is 0 Å². The number of hydrogen-bond acceptors (Lipinski definition) is 3. The van der Waals surface area contributed by atoms with E-state index in [9.17, 15) is 4.79 Å². The summed E-state index contributed by atoms with van der Waals surface area (Å²) in [5.41, 5.74) is 0. The highest BCUT2D eigenvalue weighted by molar-refractivity contribution is 5.73. The van der Waals surface area contributed by atoms with Crippen LogP contribution in [0.15, 0.2) is 0 Å². The Hall–Kier alpha value is -0.570. The topological polar surface area (TPSA) is 38.3 Å². The van der Waals surface area contributed by atoms with Crippen LogP contribution in [-0.4, -0.2) is 25.2 Å². The summed E-state index contributed by atoms with van der Waals surface area (Å²) in [4.78, 5) is 12.1. The number of carbonyl (C=O) groups excluding carboxylic acids is 1. The van der Waals surface area contributed by atoms with Crippen LogP contribution in [0.1, 0.15) is 51.9 Å². The van der Waals surface area contributed by atoms with Gasteiger partial charge in [-0.05, 0) is 51.0 Å². The van der Waals surface area contributed by atoms with Gasteiger partial charge in [-0.1, -0.05) is 13.3 Å². The second-order valence-corrected chi connectivity index (χ2v) is 5.47. The summed E-state index contributed by atoms with van der Waals surface area (Å²) >= 11 is 0. The Balaban J connectivity index is 1.83. The number of nitrogens with one attached hydrogen (secondary N) is 1. The number of hydrogen-bond donors (Lipinski definition) is 1. The minimum Gasteiger partial charge on any atom is -0.462 e. The lowest BCUT2D eigenvalue weighted by Crippen LogP contribution is -2.38. The van der Waals surface area contributed by atoms with E-state index >= 15 is 0 Å². The number of carbonyl (C=O) groups is 1. The molecule has 1 aliphatic carbocycles. The molecule has 1 saturated heterocycles. The molecule has 2 unspecified atom stereocenters. The van der Waals surface area contributed by atoms with E-state index in [1.807, 2.05) is 0 Å². The normalized spacial score (nSPS) is 34.3. The highest BCUT2D eigenvalue weighted by Crippen LogP contribution is 2.30. The zero-order valence-corrected chi connectivity index (χ0v) is 10.9. The number of piperidine rings is 1. The maximum Gasteiger partial charge on any atom is 0.310 e. The molecular formula is C14H25NO2. The van der Waals surface area contributed by atoms with Crippen molar-refractivity contribution in [1.82, 2.24) is 5.32 Å². The van der Waals surface area contributed by atoms with Gasteiger partial charge in [0.2, 0.25) is 0 Å². The standard InChI is InChI=1S/C14H25NO2/c1-2-11-6-3-4-8-13(11)17-14(16)12-7-5-9-15-10-12/h11-13,15H,2-10H2,1H3/t11?,12-,13?/m0/s1. The molecule has 17 heavy (non-hydrogen) atoms. The van der Waals surface area contributed by atoms with Crippen molar-refractivity contribution in [3.63, 3.8) is 0 Å². The Morgan fingerprint density at radius 1 is 1.24 bits per heavy atom. The van der Waals surface area contributed by atoms with Gasteiger partial charge in [-0.25, -0.2) is 0 Å². The first-order chi connectivity index (χ1) is 8.31. The molecule has 0 aromatic heterocycles. The average molecular weight is 239 g/mol. The predicted molar refractivity (Wildman–Crippen MR) is 67.7 cm³/mol. The first-order valence-electron chi connectivity index (χ1n) is 7.22. The van der Waals surface area contributed by atoms with Crippen LogP contribution in [0.2, 0.25) is 0 Å². The van der Waals surface area contributed by atoms with Crippen molar-refractivity contribution >= 4 is 5.97 Å². The van der Waals surface area contributed by atoms with E-state index < -0.39 is 0 Å². The van der Waals surface area contributed by atoms with Gasteiger partial charge < -0.3 is 10.1 Å². The van der Waals surface area contributed by atoms with E-state index in [0.29, 0.717) is 5.92 Å². The number of rotatable bonds is 3. The van der Waals surface area contributed by atoms with Crippen molar-refractivity contribution < 1.29 is 9.53 Å². The molecule has 0 aromatic carbocycles. The van der Waals surface area contributed by atoms with Crippen LogP contribution in [0, 0.1) is 11.8 Å². The molecule has 0 radical (unpaired) electrons. The smallest absolute Gasteiger partial charge is 0.310 e. The molecule has 0 bridgehead atoms. The summed E-state index contributed by atoms with van der Waals surface area (Å²) < 4.78 is 5.76. The quantitative estimate of drug-likeness (QED) is 0.769. The Bertz CT molecular complexity index is 249. The van der Waals surface area contributed by atoms with Crippen molar-refractivity contribution in [3.8, 4) is 0 Å². The largest absolute Gasteiger partial charge is 0.462 e. The van der Waals surface area contributed by atoms with E-state index in [-0.39, 0.29) is 18.0 Å². The molecule has 0 aromatic rings. The Kier molecular flexibility index (Phi) is 4.84.